The number of amides is 2. The third-order valence-electron chi connectivity index (χ3n) is 3.27. The molecule has 2 aromatic rings. The van der Waals surface area contributed by atoms with Crippen LogP contribution in [0.5, 0.6) is 0 Å². The number of carboxylic acid groups (broad SMARTS) is 1. The lowest BCUT2D eigenvalue weighted by Crippen LogP contribution is -2.33. The van der Waals surface area contributed by atoms with Gasteiger partial charge in [0.2, 0.25) is 0 Å². The fourth-order valence-electron chi connectivity index (χ4n) is 1.93. The highest BCUT2D eigenvalue weighted by Crippen LogP contribution is 2.30. The molecule has 1 aromatic heterocycles. The smallest absolute Gasteiger partial charge is 0.416 e. The van der Waals surface area contributed by atoms with Gasteiger partial charge in [-0.15, -0.1) is 5.10 Å². The highest BCUT2D eigenvalue weighted by Gasteiger charge is 2.30. The van der Waals surface area contributed by atoms with Crippen LogP contribution in [-0.4, -0.2) is 45.4 Å². The van der Waals surface area contributed by atoms with E-state index in [0.29, 0.717) is 0 Å². The molecule has 1 heterocycles. The molecule has 0 atom stereocenters. The van der Waals surface area contributed by atoms with Gasteiger partial charge in [0.05, 0.1) is 17.7 Å². The molecular weight excluding hydrogens is 341 g/mol. The standard InChI is InChI=1S/C15H15F3N4O3/c1-21(7-6-13(23)24)14(25)19-12-5-8-22(20-12)11-4-2-3-10(9-11)15(16,17)18/h2-5,8-9H,6-7H2,1H3,(H,23,24)(H,19,20,25). The van der Waals surface area contributed by atoms with Gasteiger partial charge >= 0.3 is 18.2 Å². The van der Waals surface area contributed by atoms with Gasteiger partial charge in [-0.1, -0.05) is 6.07 Å². The van der Waals surface area contributed by atoms with E-state index in [0.717, 1.165) is 17.0 Å². The van der Waals surface area contributed by atoms with E-state index in [9.17, 15) is 22.8 Å². The molecule has 0 radical (unpaired) electrons. The molecule has 0 spiro atoms. The molecule has 7 nitrogen and oxygen atoms in total. The Labute approximate surface area is 140 Å². The molecule has 0 aliphatic carbocycles. The lowest BCUT2D eigenvalue weighted by Gasteiger charge is -2.15. The number of anilines is 1. The number of carbonyl (C=O) groups is 2. The van der Waals surface area contributed by atoms with Crippen molar-refractivity contribution in [3.8, 4) is 5.69 Å². The Bertz CT molecular complexity index is 773. The Morgan fingerprint density at radius 3 is 2.68 bits per heavy atom. The van der Waals surface area contributed by atoms with Crippen molar-refractivity contribution >= 4 is 17.8 Å². The van der Waals surface area contributed by atoms with E-state index >= 15 is 0 Å². The van der Waals surface area contributed by atoms with Crippen LogP contribution in [0.1, 0.15) is 12.0 Å². The number of carboxylic acids is 1. The first-order valence-electron chi connectivity index (χ1n) is 7.14. The van der Waals surface area contributed by atoms with E-state index in [1.807, 2.05) is 0 Å². The Morgan fingerprint density at radius 1 is 1.32 bits per heavy atom. The number of aromatic nitrogens is 2. The van der Waals surface area contributed by atoms with Gasteiger partial charge in [0.1, 0.15) is 0 Å². The van der Waals surface area contributed by atoms with E-state index in [4.69, 9.17) is 5.11 Å². The molecule has 0 fully saturated rings. The monoisotopic (exact) mass is 356 g/mol. The fraction of sp³-hybridized carbons (Fsp3) is 0.267. The van der Waals surface area contributed by atoms with Crippen molar-refractivity contribution in [1.29, 1.82) is 0 Å². The third-order valence-corrected chi connectivity index (χ3v) is 3.27. The van der Waals surface area contributed by atoms with Crippen molar-refractivity contribution in [1.82, 2.24) is 14.7 Å². The number of alkyl halides is 3. The van der Waals surface area contributed by atoms with Crippen LogP contribution in [0.2, 0.25) is 0 Å². The van der Waals surface area contributed by atoms with Gasteiger partial charge in [-0.05, 0) is 18.2 Å². The minimum Gasteiger partial charge on any atom is -0.481 e. The zero-order chi connectivity index (χ0) is 18.6. The summed E-state index contributed by atoms with van der Waals surface area (Å²) >= 11 is 0. The van der Waals surface area contributed by atoms with Gasteiger partial charge in [0, 0.05) is 25.9 Å². The second-order valence-electron chi connectivity index (χ2n) is 5.19. The molecule has 0 unspecified atom stereocenters. The van der Waals surface area contributed by atoms with Crippen LogP contribution in [0.25, 0.3) is 5.69 Å². The normalized spacial score (nSPS) is 11.2. The molecule has 2 N–H and O–H groups in total. The second-order valence-corrected chi connectivity index (χ2v) is 5.19. The highest BCUT2D eigenvalue weighted by atomic mass is 19.4. The third kappa shape index (κ3) is 4.96. The number of carbonyl (C=O) groups excluding carboxylic acids is 1. The van der Waals surface area contributed by atoms with Gasteiger partial charge in [-0.25, -0.2) is 9.48 Å². The molecule has 134 valence electrons. The predicted octanol–water partition coefficient (Wildman–Crippen LogP) is 2.83. The summed E-state index contributed by atoms with van der Waals surface area (Å²) in [5.74, 6) is -0.905. The van der Waals surface area contributed by atoms with Crippen LogP contribution in [0.15, 0.2) is 36.5 Å². The van der Waals surface area contributed by atoms with Crippen LogP contribution >= 0.6 is 0 Å². The molecule has 2 rings (SSSR count). The summed E-state index contributed by atoms with van der Waals surface area (Å²) in [7, 11) is 1.42. The van der Waals surface area contributed by atoms with Gasteiger partial charge < -0.3 is 10.0 Å². The van der Waals surface area contributed by atoms with Gasteiger partial charge in [0.15, 0.2) is 5.82 Å². The van der Waals surface area contributed by atoms with Crippen molar-refractivity contribution in [2.24, 2.45) is 0 Å². The van der Waals surface area contributed by atoms with Crippen LogP contribution in [0, 0.1) is 0 Å². The van der Waals surface area contributed by atoms with Crippen LogP contribution < -0.4 is 5.32 Å². The molecule has 0 saturated carbocycles. The number of halogens is 3. The van der Waals surface area contributed by atoms with Crippen molar-refractivity contribution in [3.05, 3.63) is 42.1 Å². The fourth-order valence-corrected chi connectivity index (χ4v) is 1.93. The summed E-state index contributed by atoms with van der Waals surface area (Å²) in [6.07, 6.45) is -3.27. The predicted molar refractivity (Wildman–Crippen MR) is 82.5 cm³/mol. The largest absolute Gasteiger partial charge is 0.481 e. The molecule has 2 amide bonds. The average Bonchev–Trinajstić information content (AvgIpc) is 3.00. The number of hydrogen-bond acceptors (Lipinski definition) is 3. The number of nitrogens with zero attached hydrogens (tertiary/aromatic N) is 3. The number of benzene rings is 1. The lowest BCUT2D eigenvalue weighted by molar-refractivity contribution is -0.138. The number of nitrogens with one attached hydrogen (secondary N) is 1. The summed E-state index contributed by atoms with van der Waals surface area (Å²) in [6, 6.07) is 5.45. The van der Waals surface area contributed by atoms with Crippen molar-refractivity contribution in [2.75, 3.05) is 18.9 Å². The van der Waals surface area contributed by atoms with Gasteiger partial charge in [-0.3, -0.25) is 10.1 Å². The summed E-state index contributed by atoms with van der Waals surface area (Å²) in [4.78, 5) is 23.5. The number of aliphatic carboxylic acids is 1. The number of rotatable bonds is 5. The van der Waals surface area contributed by atoms with E-state index in [2.05, 4.69) is 10.4 Å². The molecule has 25 heavy (non-hydrogen) atoms. The molecule has 0 bridgehead atoms. The first kappa shape index (κ1) is 18.3. The van der Waals surface area contributed by atoms with Crippen LogP contribution in [0.4, 0.5) is 23.8 Å². The molecule has 0 aliphatic heterocycles. The van der Waals surface area contributed by atoms with Gasteiger partial charge in [0.25, 0.3) is 0 Å². The Kier molecular flexibility index (Phi) is 5.30. The van der Waals surface area contributed by atoms with E-state index in [1.54, 1.807) is 0 Å². The maximum atomic E-state index is 12.7. The highest BCUT2D eigenvalue weighted by molar-refractivity contribution is 5.88. The maximum absolute atomic E-state index is 12.7. The topological polar surface area (TPSA) is 87.5 Å². The number of urea groups is 1. The lowest BCUT2D eigenvalue weighted by atomic mass is 10.2. The summed E-state index contributed by atoms with van der Waals surface area (Å²) in [5.41, 5.74) is -0.617. The average molecular weight is 356 g/mol. The van der Waals surface area contributed by atoms with E-state index in [1.165, 1.54) is 36.1 Å². The van der Waals surface area contributed by atoms with Gasteiger partial charge in [-0.2, -0.15) is 13.2 Å². The molecule has 10 heteroatoms. The second kappa shape index (κ2) is 7.24. The molecule has 0 saturated heterocycles. The first-order chi connectivity index (χ1) is 11.7. The van der Waals surface area contributed by atoms with Crippen LogP contribution in [0.3, 0.4) is 0 Å². The summed E-state index contributed by atoms with van der Waals surface area (Å²) in [6.45, 7) is 0.00943. The quantitative estimate of drug-likeness (QED) is 0.862. The van der Waals surface area contributed by atoms with Crippen molar-refractivity contribution in [2.45, 2.75) is 12.6 Å². The minimum absolute atomic E-state index is 0.00943. The molecule has 0 aliphatic rings. The Morgan fingerprint density at radius 2 is 2.04 bits per heavy atom. The maximum Gasteiger partial charge on any atom is 0.416 e. The molecular formula is C15H15F3N4O3. The Hall–Kier alpha value is -3.04. The van der Waals surface area contributed by atoms with Crippen LogP contribution in [-0.2, 0) is 11.0 Å². The SMILES string of the molecule is CN(CCC(=O)O)C(=O)Nc1ccn(-c2cccc(C(F)(F)F)c2)n1. The number of hydrogen-bond donors (Lipinski definition) is 2. The van der Waals surface area contributed by atoms with Crippen molar-refractivity contribution in [3.63, 3.8) is 0 Å². The minimum atomic E-state index is -4.47. The first-order valence-corrected chi connectivity index (χ1v) is 7.14. The van der Waals surface area contributed by atoms with E-state index in [-0.39, 0.29) is 24.5 Å². The zero-order valence-electron chi connectivity index (χ0n) is 13.1. The zero-order valence-corrected chi connectivity index (χ0v) is 13.1. The van der Waals surface area contributed by atoms with Crippen molar-refractivity contribution < 1.29 is 27.9 Å². The Balaban J connectivity index is 2.07. The summed E-state index contributed by atoms with van der Waals surface area (Å²) in [5, 5.41) is 15.0. The molecule has 1 aromatic carbocycles. The summed E-state index contributed by atoms with van der Waals surface area (Å²) < 4.78 is 39.4. The van der Waals surface area contributed by atoms with E-state index < -0.39 is 23.7 Å².